The number of aryl methyl sites for hydroxylation is 1. The molecule has 29 heavy (non-hydrogen) atoms. The molecule has 0 aliphatic heterocycles. The smallest absolute Gasteiger partial charge is 0.314 e. The number of carbonyl (C=O) groups excluding carboxylic acids is 1. The topological polar surface area (TPSA) is 64.1 Å². The summed E-state index contributed by atoms with van der Waals surface area (Å²) in [6, 6.07) is 19.4. The third kappa shape index (κ3) is 4.99. The number of hydrogen-bond donors (Lipinski definition) is 1. The summed E-state index contributed by atoms with van der Waals surface area (Å²) >= 11 is 0. The van der Waals surface area contributed by atoms with Gasteiger partial charge in [-0.1, -0.05) is 55.7 Å². The van der Waals surface area contributed by atoms with E-state index in [1.165, 1.54) is 6.42 Å². The Morgan fingerprint density at radius 3 is 2.55 bits per heavy atom. The van der Waals surface area contributed by atoms with Crippen molar-refractivity contribution >= 4 is 17.5 Å². The summed E-state index contributed by atoms with van der Waals surface area (Å²) in [5.41, 5.74) is 2.72. The van der Waals surface area contributed by atoms with Gasteiger partial charge in [-0.15, -0.1) is 0 Å². The molecule has 3 aromatic rings. The molecule has 1 saturated carbocycles. The fraction of sp³-hybridized carbons (Fsp3) is 0.292. The van der Waals surface area contributed by atoms with Crippen LogP contribution >= 0.6 is 0 Å². The first-order valence-corrected chi connectivity index (χ1v) is 10.2. The van der Waals surface area contributed by atoms with Gasteiger partial charge in [-0.2, -0.15) is 0 Å². The summed E-state index contributed by atoms with van der Waals surface area (Å²) in [6.07, 6.45) is 5.29. The van der Waals surface area contributed by atoms with E-state index in [1.807, 2.05) is 67.6 Å². The normalized spacial score (nSPS) is 14.4. The van der Waals surface area contributed by atoms with Gasteiger partial charge in [-0.25, -0.2) is 9.97 Å². The minimum atomic E-state index is -0.119. The highest BCUT2D eigenvalue weighted by molar-refractivity contribution is 5.76. The number of esters is 1. The third-order valence-corrected chi connectivity index (χ3v) is 5.17. The Morgan fingerprint density at radius 2 is 1.76 bits per heavy atom. The second-order valence-electron chi connectivity index (χ2n) is 7.46. The predicted molar refractivity (Wildman–Crippen MR) is 114 cm³/mol. The first-order valence-electron chi connectivity index (χ1n) is 10.2. The average Bonchev–Trinajstić information content (AvgIpc) is 2.75. The standard InChI is InChI=1S/C24H25N3O2/c1-17-25-22(18-9-4-2-5-10-18)16-23(26-17)27-20-13-8-14-21(15-20)29-24(28)19-11-6-3-7-12-19/h2,4-5,8-10,13-16,19H,3,6-7,11-12H2,1H3,(H,25,26,27). The lowest BCUT2D eigenvalue weighted by molar-refractivity contribution is -0.139. The zero-order chi connectivity index (χ0) is 20.1. The van der Waals surface area contributed by atoms with Crippen LogP contribution in [0, 0.1) is 12.8 Å². The van der Waals surface area contributed by atoms with Crippen molar-refractivity contribution in [2.24, 2.45) is 5.92 Å². The monoisotopic (exact) mass is 387 g/mol. The molecule has 1 N–H and O–H groups in total. The second kappa shape index (κ2) is 8.86. The van der Waals surface area contributed by atoms with E-state index in [9.17, 15) is 4.79 Å². The second-order valence-corrected chi connectivity index (χ2v) is 7.46. The average molecular weight is 387 g/mol. The number of nitrogens with zero attached hydrogens (tertiary/aromatic N) is 2. The van der Waals surface area contributed by atoms with Crippen molar-refractivity contribution in [1.82, 2.24) is 9.97 Å². The summed E-state index contributed by atoms with van der Waals surface area (Å²) in [6.45, 7) is 1.87. The SMILES string of the molecule is Cc1nc(Nc2cccc(OC(=O)C3CCCCC3)c2)cc(-c2ccccc2)n1. The lowest BCUT2D eigenvalue weighted by Gasteiger charge is -2.19. The van der Waals surface area contributed by atoms with Crippen LogP contribution in [0.1, 0.15) is 37.9 Å². The van der Waals surface area contributed by atoms with Gasteiger partial charge in [0.05, 0.1) is 11.6 Å². The number of aromatic nitrogens is 2. The van der Waals surface area contributed by atoms with Crippen molar-refractivity contribution in [3.63, 3.8) is 0 Å². The number of anilines is 2. The molecule has 1 fully saturated rings. The molecule has 0 unspecified atom stereocenters. The van der Waals surface area contributed by atoms with Gasteiger partial charge in [0.25, 0.3) is 0 Å². The minimum Gasteiger partial charge on any atom is -0.426 e. The maximum atomic E-state index is 12.4. The number of benzene rings is 2. The van der Waals surface area contributed by atoms with Crippen LogP contribution in [0.4, 0.5) is 11.5 Å². The summed E-state index contributed by atoms with van der Waals surface area (Å²) < 4.78 is 5.64. The van der Waals surface area contributed by atoms with Crippen molar-refractivity contribution < 1.29 is 9.53 Å². The van der Waals surface area contributed by atoms with Crippen molar-refractivity contribution in [2.45, 2.75) is 39.0 Å². The molecule has 0 bridgehead atoms. The van der Waals surface area contributed by atoms with Crippen molar-refractivity contribution in [3.8, 4) is 17.0 Å². The summed E-state index contributed by atoms with van der Waals surface area (Å²) in [4.78, 5) is 21.4. The number of carbonyl (C=O) groups is 1. The first kappa shape index (κ1) is 19.1. The summed E-state index contributed by atoms with van der Waals surface area (Å²) in [5.74, 6) is 1.85. The quantitative estimate of drug-likeness (QED) is 0.451. The van der Waals surface area contributed by atoms with Gasteiger partial charge in [-0.05, 0) is 31.9 Å². The van der Waals surface area contributed by atoms with Crippen LogP contribution in [-0.4, -0.2) is 15.9 Å². The van der Waals surface area contributed by atoms with Gasteiger partial charge in [0.2, 0.25) is 0 Å². The van der Waals surface area contributed by atoms with Crippen LogP contribution in [0.2, 0.25) is 0 Å². The van der Waals surface area contributed by atoms with Crippen molar-refractivity contribution in [3.05, 3.63) is 66.5 Å². The number of rotatable bonds is 5. The van der Waals surface area contributed by atoms with Gasteiger partial charge < -0.3 is 10.1 Å². The molecule has 5 heteroatoms. The van der Waals surface area contributed by atoms with Crippen LogP contribution in [0.25, 0.3) is 11.3 Å². The molecular formula is C24H25N3O2. The molecule has 2 aromatic carbocycles. The van der Waals surface area contributed by atoms with Crippen molar-refractivity contribution in [1.29, 1.82) is 0 Å². The molecule has 4 rings (SSSR count). The molecule has 1 aromatic heterocycles. The Morgan fingerprint density at radius 1 is 0.966 bits per heavy atom. The summed E-state index contributed by atoms with van der Waals surface area (Å²) in [5, 5.41) is 3.31. The van der Waals surface area contributed by atoms with E-state index < -0.39 is 0 Å². The third-order valence-electron chi connectivity index (χ3n) is 5.17. The summed E-state index contributed by atoms with van der Waals surface area (Å²) in [7, 11) is 0. The molecule has 0 saturated heterocycles. The molecule has 1 heterocycles. The molecular weight excluding hydrogens is 362 g/mol. The van der Waals surface area contributed by atoms with Gasteiger partial charge in [0, 0.05) is 23.4 Å². The fourth-order valence-electron chi connectivity index (χ4n) is 3.71. The lowest BCUT2D eigenvalue weighted by atomic mass is 9.89. The van der Waals surface area contributed by atoms with E-state index in [-0.39, 0.29) is 11.9 Å². The number of ether oxygens (including phenoxy) is 1. The van der Waals surface area contributed by atoms with Gasteiger partial charge in [0.1, 0.15) is 17.4 Å². The largest absolute Gasteiger partial charge is 0.426 e. The van der Waals surface area contributed by atoms with E-state index in [0.717, 1.165) is 42.6 Å². The highest BCUT2D eigenvalue weighted by Crippen LogP contribution is 2.27. The Bertz CT molecular complexity index is 982. The Labute approximate surface area is 171 Å². The van der Waals surface area contributed by atoms with Gasteiger partial charge >= 0.3 is 5.97 Å². The van der Waals surface area contributed by atoms with Gasteiger partial charge in [0.15, 0.2) is 0 Å². The van der Waals surface area contributed by atoms with Crippen LogP contribution < -0.4 is 10.1 Å². The highest BCUT2D eigenvalue weighted by Gasteiger charge is 2.23. The molecule has 0 amide bonds. The zero-order valence-electron chi connectivity index (χ0n) is 16.6. The molecule has 148 valence electrons. The molecule has 5 nitrogen and oxygen atoms in total. The van der Waals surface area contributed by atoms with E-state index in [4.69, 9.17) is 4.74 Å². The molecule has 0 radical (unpaired) electrons. The number of hydrogen-bond acceptors (Lipinski definition) is 5. The minimum absolute atomic E-state index is 0.0262. The Balaban J connectivity index is 1.49. The van der Waals surface area contributed by atoms with Crippen LogP contribution in [0.5, 0.6) is 5.75 Å². The maximum Gasteiger partial charge on any atom is 0.314 e. The molecule has 0 atom stereocenters. The van der Waals surface area contributed by atoms with Crippen LogP contribution in [0.3, 0.4) is 0 Å². The fourth-order valence-corrected chi connectivity index (χ4v) is 3.71. The van der Waals surface area contributed by atoms with Crippen LogP contribution in [0.15, 0.2) is 60.7 Å². The Hall–Kier alpha value is -3.21. The molecule has 0 spiro atoms. The van der Waals surface area contributed by atoms with Crippen molar-refractivity contribution in [2.75, 3.05) is 5.32 Å². The maximum absolute atomic E-state index is 12.4. The lowest BCUT2D eigenvalue weighted by Crippen LogP contribution is -2.22. The number of nitrogens with one attached hydrogen (secondary N) is 1. The molecule has 1 aliphatic carbocycles. The zero-order valence-corrected chi connectivity index (χ0v) is 16.6. The van der Waals surface area contributed by atoms with Gasteiger partial charge in [-0.3, -0.25) is 4.79 Å². The first-order chi connectivity index (χ1) is 14.2. The van der Waals surface area contributed by atoms with E-state index in [2.05, 4.69) is 15.3 Å². The molecule has 1 aliphatic rings. The van der Waals surface area contributed by atoms with E-state index in [0.29, 0.717) is 17.4 Å². The Kier molecular flexibility index (Phi) is 5.84. The van der Waals surface area contributed by atoms with E-state index in [1.54, 1.807) is 0 Å². The highest BCUT2D eigenvalue weighted by atomic mass is 16.5. The predicted octanol–water partition coefficient (Wildman–Crippen LogP) is 5.68. The van der Waals surface area contributed by atoms with E-state index >= 15 is 0 Å². The van der Waals surface area contributed by atoms with Crippen LogP contribution in [-0.2, 0) is 4.79 Å².